The molecule has 0 amide bonds. The highest BCUT2D eigenvalue weighted by molar-refractivity contribution is 5.86. The van der Waals surface area contributed by atoms with Crippen molar-refractivity contribution in [2.24, 2.45) is 4.99 Å². The second kappa shape index (κ2) is 4.91. The highest BCUT2D eigenvalue weighted by atomic mass is 19.4. The van der Waals surface area contributed by atoms with E-state index in [9.17, 15) is 18.0 Å². The van der Waals surface area contributed by atoms with Gasteiger partial charge in [-0.25, -0.2) is 9.79 Å². The Labute approximate surface area is 106 Å². The van der Waals surface area contributed by atoms with Crippen LogP contribution in [-0.4, -0.2) is 29.6 Å². The maximum absolute atomic E-state index is 12.4. The van der Waals surface area contributed by atoms with E-state index in [4.69, 9.17) is 9.84 Å². The third-order valence-corrected chi connectivity index (χ3v) is 2.63. The molecule has 7 heteroatoms. The third-order valence-electron chi connectivity index (χ3n) is 2.63. The summed E-state index contributed by atoms with van der Waals surface area (Å²) in [5.41, 5.74) is -0.147. The van der Waals surface area contributed by atoms with Gasteiger partial charge in [0.25, 0.3) is 0 Å². The first kappa shape index (κ1) is 13.4. The molecule has 1 aromatic rings. The van der Waals surface area contributed by atoms with Crippen molar-refractivity contribution >= 4 is 11.9 Å². The number of carbonyl (C=O) groups is 1. The van der Waals surface area contributed by atoms with Gasteiger partial charge in [-0.3, -0.25) is 0 Å². The Balaban J connectivity index is 2.05. The molecule has 0 saturated carbocycles. The van der Waals surface area contributed by atoms with Gasteiger partial charge in [0, 0.05) is 6.42 Å². The molecule has 2 rings (SSSR count). The van der Waals surface area contributed by atoms with Gasteiger partial charge in [-0.2, -0.15) is 13.2 Å². The lowest BCUT2D eigenvalue weighted by atomic mass is 10.1. The zero-order chi connectivity index (χ0) is 14.0. The standard InChI is InChI=1S/C12H10F3NO3/c13-12(14,15)8-3-1-7(2-4-8)5-10-16-9(6-19-10)11(17)18/h1-4,9H,5-6H2,(H,17,18). The molecular weight excluding hydrogens is 263 g/mol. The van der Waals surface area contributed by atoms with Gasteiger partial charge >= 0.3 is 12.1 Å². The van der Waals surface area contributed by atoms with E-state index in [0.29, 0.717) is 5.56 Å². The Kier molecular flexibility index (Phi) is 3.46. The minimum absolute atomic E-state index is 0.0364. The van der Waals surface area contributed by atoms with Crippen LogP contribution < -0.4 is 0 Å². The van der Waals surface area contributed by atoms with Crippen molar-refractivity contribution < 1.29 is 27.8 Å². The lowest BCUT2D eigenvalue weighted by Crippen LogP contribution is -2.18. The lowest BCUT2D eigenvalue weighted by Gasteiger charge is -2.07. The van der Waals surface area contributed by atoms with Crippen LogP contribution in [0.5, 0.6) is 0 Å². The van der Waals surface area contributed by atoms with Crippen LogP contribution in [0.25, 0.3) is 0 Å². The topological polar surface area (TPSA) is 58.9 Å². The van der Waals surface area contributed by atoms with Crippen molar-refractivity contribution in [3.8, 4) is 0 Å². The van der Waals surface area contributed by atoms with Gasteiger partial charge < -0.3 is 9.84 Å². The summed E-state index contributed by atoms with van der Waals surface area (Å²) in [5, 5.41) is 8.71. The fraction of sp³-hybridized carbons (Fsp3) is 0.333. The molecule has 19 heavy (non-hydrogen) atoms. The zero-order valence-corrected chi connectivity index (χ0v) is 9.65. The van der Waals surface area contributed by atoms with E-state index in [-0.39, 0.29) is 18.9 Å². The zero-order valence-electron chi connectivity index (χ0n) is 9.65. The summed E-state index contributed by atoms with van der Waals surface area (Å²) >= 11 is 0. The minimum Gasteiger partial charge on any atom is -0.480 e. The molecule has 1 N–H and O–H groups in total. The van der Waals surface area contributed by atoms with Crippen LogP contribution in [0.15, 0.2) is 29.3 Å². The Morgan fingerprint density at radius 1 is 1.37 bits per heavy atom. The molecule has 1 unspecified atom stereocenters. The maximum Gasteiger partial charge on any atom is 0.416 e. The van der Waals surface area contributed by atoms with Gasteiger partial charge in [0.1, 0.15) is 6.61 Å². The molecule has 1 heterocycles. The van der Waals surface area contributed by atoms with Crippen molar-refractivity contribution in [2.45, 2.75) is 18.6 Å². The first-order valence-electron chi connectivity index (χ1n) is 5.44. The van der Waals surface area contributed by atoms with Crippen LogP contribution >= 0.6 is 0 Å². The first-order chi connectivity index (χ1) is 8.86. The molecule has 1 atom stereocenters. The van der Waals surface area contributed by atoms with Gasteiger partial charge in [-0.1, -0.05) is 12.1 Å². The molecule has 0 aromatic heterocycles. The van der Waals surface area contributed by atoms with E-state index in [1.54, 1.807) is 0 Å². The number of ether oxygens (including phenoxy) is 1. The molecule has 102 valence electrons. The van der Waals surface area contributed by atoms with E-state index >= 15 is 0 Å². The largest absolute Gasteiger partial charge is 0.480 e. The Bertz CT molecular complexity index is 508. The van der Waals surface area contributed by atoms with Gasteiger partial charge in [0.15, 0.2) is 11.9 Å². The second-order valence-electron chi connectivity index (χ2n) is 4.06. The number of halogens is 3. The molecular formula is C12H10F3NO3. The Morgan fingerprint density at radius 2 is 2.00 bits per heavy atom. The van der Waals surface area contributed by atoms with Crippen LogP contribution in [0.3, 0.4) is 0 Å². The third kappa shape index (κ3) is 3.24. The summed E-state index contributed by atoms with van der Waals surface area (Å²) in [5.74, 6) is -0.852. The van der Waals surface area contributed by atoms with Crippen molar-refractivity contribution in [3.63, 3.8) is 0 Å². The van der Waals surface area contributed by atoms with Gasteiger partial charge in [0.2, 0.25) is 0 Å². The number of aliphatic imine (C=N–C) groups is 1. The molecule has 1 aliphatic heterocycles. The SMILES string of the molecule is O=C(O)C1COC(Cc2ccc(C(F)(F)F)cc2)=N1. The van der Waals surface area contributed by atoms with E-state index < -0.39 is 23.8 Å². The number of hydrogen-bond acceptors (Lipinski definition) is 3. The van der Waals surface area contributed by atoms with Crippen molar-refractivity contribution in [1.82, 2.24) is 0 Å². The van der Waals surface area contributed by atoms with E-state index in [1.165, 1.54) is 12.1 Å². The highest BCUT2D eigenvalue weighted by Gasteiger charge is 2.30. The second-order valence-corrected chi connectivity index (χ2v) is 4.06. The number of aliphatic carboxylic acids is 1. The molecule has 0 saturated heterocycles. The Hall–Kier alpha value is -2.05. The summed E-state index contributed by atoms with van der Waals surface area (Å²) in [6.07, 6.45) is -4.18. The number of carboxylic acid groups (broad SMARTS) is 1. The maximum atomic E-state index is 12.4. The molecule has 0 fully saturated rings. The average Bonchev–Trinajstić information content (AvgIpc) is 2.77. The van der Waals surface area contributed by atoms with Crippen LogP contribution in [0.2, 0.25) is 0 Å². The van der Waals surface area contributed by atoms with Crippen molar-refractivity contribution in [3.05, 3.63) is 35.4 Å². The quantitative estimate of drug-likeness (QED) is 0.917. The van der Waals surface area contributed by atoms with Gasteiger partial charge in [0.05, 0.1) is 5.56 Å². The molecule has 1 aromatic carbocycles. The van der Waals surface area contributed by atoms with Gasteiger partial charge in [-0.15, -0.1) is 0 Å². The number of rotatable bonds is 3. The average molecular weight is 273 g/mol. The molecule has 0 radical (unpaired) electrons. The van der Waals surface area contributed by atoms with Crippen LogP contribution in [0.1, 0.15) is 11.1 Å². The summed E-state index contributed by atoms with van der Waals surface area (Å²) in [4.78, 5) is 14.5. The molecule has 4 nitrogen and oxygen atoms in total. The fourth-order valence-electron chi connectivity index (χ4n) is 1.63. The van der Waals surface area contributed by atoms with E-state index in [2.05, 4.69) is 4.99 Å². The predicted molar refractivity (Wildman–Crippen MR) is 60.0 cm³/mol. The van der Waals surface area contributed by atoms with Crippen molar-refractivity contribution in [2.75, 3.05) is 6.61 Å². The number of benzene rings is 1. The number of hydrogen-bond donors (Lipinski definition) is 1. The highest BCUT2D eigenvalue weighted by Crippen LogP contribution is 2.29. The van der Waals surface area contributed by atoms with E-state index in [0.717, 1.165) is 12.1 Å². The number of carboxylic acids is 1. The minimum atomic E-state index is -4.37. The normalized spacial score (nSPS) is 18.9. The monoisotopic (exact) mass is 273 g/mol. The van der Waals surface area contributed by atoms with Crippen molar-refractivity contribution in [1.29, 1.82) is 0 Å². The van der Waals surface area contributed by atoms with Gasteiger partial charge in [-0.05, 0) is 17.7 Å². The Morgan fingerprint density at radius 3 is 2.47 bits per heavy atom. The summed E-state index contributed by atoms with van der Waals surface area (Å²) in [6, 6.07) is 3.66. The van der Waals surface area contributed by atoms with Crippen LogP contribution in [0, 0.1) is 0 Å². The molecule has 0 aliphatic carbocycles. The number of nitrogens with zero attached hydrogens (tertiary/aromatic N) is 1. The summed E-state index contributed by atoms with van der Waals surface area (Å²) < 4.78 is 42.1. The molecule has 0 bridgehead atoms. The van der Waals surface area contributed by atoms with Crippen LogP contribution in [0.4, 0.5) is 13.2 Å². The van der Waals surface area contributed by atoms with E-state index in [1.807, 2.05) is 0 Å². The predicted octanol–water partition coefficient (Wildman–Crippen LogP) is 2.13. The summed E-state index contributed by atoms with van der Waals surface area (Å²) in [7, 11) is 0. The molecule has 1 aliphatic rings. The lowest BCUT2D eigenvalue weighted by molar-refractivity contribution is -0.139. The van der Waals surface area contributed by atoms with Crippen LogP contribution in [-0.2, 0) is 22.1 Å². The first-order valence-corrected chi connectivity index (χ1v) is 5.44. The molecule has 0 spiro atoms. The fourth-order valence-corrected chi connectivity index (χ4v) is 1.63. The number of alkyl halides is 3. The summed E-state index contributed by atoms with van der Waals surface area (Å²) in [6.45, 7) is -0.0364. The smallest absolute Gasteiger partial charge is 0.416 e.